The molecule has 192 valence electrons. The second-order valence-corrected chi connectivity index (χ2v) is 10.2. The minimum atomic E-state index is -1.19. The summed E-state index contributed by atoms with van der Waals surface area (Å²) >= 11 is 2.28. The number of hydrogen-bond donors (Lipinski definition) is 3. The van der Waals surface area contributed by atoms with Crippen LogP contribution in [-0.2, 0) is 25.8 Å². The number of aryl methyl sites for hydroxylation is 1. The SMILES string of the molecule is CCO/N=C(/C(=O)N[C@@H]1C(=O)N2C(C(=O)O)=C(C[n+]3cc4cccc(C)n4c3)CS[C@H]12)c1nsc(N)n1. The van der Waals surface area contributed by atoms with Crippen LogP contribution >= 0.6 is 23.3 Å². The van der Waals surface area contributed by atoms with E-state index in [1.807, 2.05) is 46.6 Å². The van der Waals surface area contributed by atoms with Gasteiger partial charge in [-0.05, 0) is 26.0 Å². The molecule has 0 unspecified atom stereocenters. The highest BCUT2D eigenvalue weighted by Gasteiger charge is 2.54. The summed E-state index contributed by atoms with van der Waals surface area (Å²) in [6.45, 7) is 4.19. The zero-order valence-corrected chi connectivity index (χ0v) is 21.5. The number of thioether (sulfide) groups is 1. The van der Waals surface area contributed by atoms with Gasteiger partial charge in [-0.15, -0.1) is 11.8 Å². The van der Waals surface area contributed by atoms with Crippen LogP contribution in [0.4, 0.5) is 5.13 Å². The van der Waals surface area contributed by atoms with E-state index in [0.29, 0.717) is 17.9 Å². The summed E-state index contributed by atoms with van der Waals surface area (Å²) in [5.41, 5.74) is 7.97. The first-order valence-electron chi connectivity index (χ1n) is 11.3. The average Bonchev–Trinajstić information content (AvgIpc) is 3.49. The third kappa shape index (κ3) is 4.51. The van der Waals surface area contributed by atoms with E-state index in [-0.39, 0.29) is 29.0 Å². The lowest BCUT2D eigenvalue weighted by Gasteiger charge is -2.49. The van der Waals surface area contributed by atoms with Gasteiger partial charge in [0.2, 0.25) is 17.9 Å². The molecule has 0 bridgehead atoms. The van der Waals surface area contributed by atoms with Gasteiger partial charge in [0.05, 0.1) is 0 Å². The van der Waals surface area contributed by atoms with Crippen molar-refractivity contribution in [2.24, 2.45) is 5.16 Å². The predicted octanol–water partition coefficient (Wildman–Crippen LogP) is 0.148. The number of carboxylic acid groups (broad SMARTS) is 1. The van der Waals surface area contributed by atoms with Crippen molar-refractivity contribution in [3.63, 3.8) is 0 Å². The van der Waals surface area contributed by atoms with Gasteiger partial charge in [0.1, 0.15) is 42.2 Å². The largest absolute Gasteiger partial charge is 0.477 e. The quantitative estimate of drug-likeness (QED) is 0.155. The molecule has 15 heteroatoms. The molecule has 13 nitrogen and oxygen atoms in total. The molecule has 0 saturated carbocycles. The van der Waals surface area contributed by atoms with Crippen LogP contribution in [0.1, 0.15) is 18.4 Å². The number of pyridine rings is 1. The van der Waals surface area contributed by atoms with Gasteiger partial charge in [-0.25, -0.2) is 9.36 Å². The lowest BCUT2D eigenvalue weighted by molar-refractivity contribution is -0.687. The molecule has 0 aromatic carbocycles. The van der Waals surface area contributed by atoms with Gasteiger partial charge >= 0.3 is 5.97 Å². The Bertz CT molecular complexity index is 1480. The van der Waals surface area contributed by atoms with E-state index in [0.717, 1.165) is 22.7 Å². The van der Waals surface area contributed by atoms with Crippen LogP contribution < -0.4 is 15.6 Å². The molecule has 1 fully saturated rings. The summed E-state index contributed by atoms with van der Waals surface area (Å²) in [5, 5.41) is 16.0. The highest BCUT2D eigenvalue weighted by Crippen LogP contribution is 2.40. The molecule has 2 atom stereocenters. The van der Waals surface area contributed by atoms with Crippen molar-refractivity contribution < 1.29 is 28.9 Å². The van der Waals surface area contributed by atoms with Crippen molar-refractivity contribution in [2.45, 2.75) is 31.8 Å². The van der Waals surface area contributed by atoms with Gasteiger partial charge < -0.3 is 21.0 Å². The third-order valence-corrected chi connectivity index (χ3v) is 7.77. The number of carbonyl (C=O) groups is 3. The number of nitrogens with zero attached hydrogens (tertiary/aromatic N) is 6. The normalized spacial score (nSPS) is 19.6. The number of oxime groups is 1. The number of aliphatic carboxylic acids is 1. The molecule has 2 aliphatic heterocycles. The van der Waals surface area contributed by atoms with Gasteiger partial charge in [0.15, 0.2) is 10.6 Å². The molecule has 3 aromatic rings. The van der Waals surface area contributed by atoms with E-state index in [9.17, 15) is 19.5 Å². The fourth-order valence-corrected chi connectivity index (χ4v) is 6.00. The first kappa shape index (κ1) is 24.7. The Labute approximate surface area is 218 Å². The standard InChI is InChI=1S/C22H22N8O5S2/c1-3-35-26-14(17-25-22(23)37-27-17)18(31)24-15-19(32)30-16(21(33)34)12(9-36-20(15)30)7-28-8-13-6-4-5-11(2)29(13)10-28/h4-6,8,10,15,20H,3,7,9H2,1-2H3,(H3-,23,24,25,27,31,33,34)/p+1/b26-14+/t15-,20-/m1/s1. The van der Waals surface area contributed by atoms with Crippen LogP contribution in [0.5, 0.6) is 0 Å². The first-order chi connectivity index (χ1) is 17.8. The van der Waals surface area contributed by atoms with E-state index < -0.39 is 29.2 Å². The Hall–Kier alpha value is -3.98. The van der Waals surface area contributed by atoms with Crippen LogP contribution in [0, 0.1) is 6.92 Å². The molecule has 0 aliphatic carbocycles. The maximum Gasteiger partial charge on any atom is 0.352 e. The number of imidazole rings is 1. The minimum Gasteiger partial charge on any atom is -0.477 e. The Morgan fingerprint density at radius 3 is 2.89 bits per heavy atom. The van der Waals surface area contributed by atoms with Crippen LogP contribution in [0.3, 0.4) is 0 Å². The monoisotopic (exact) mass is 543 g/mol. The van der Waals surface area contributed by atoms with E-state index >= 15 is 0 Å². The Kier molecular flexibility index (Phi) is 6.55. The molecule has 1 saturated heterocycles. The number of fused-ring (bicyclic) bond motifs is 2. The summed E-state index contributed by atoms with van der Waals surface area (Å²) in [6.07, 6.45) is 3.82. The fourth-order valence-electron chi connectivity index (χ4n) is 4.23. The van der Waals surface area contributed by atoms with Crippen LogP contribution in [0.25, 0.3) is 5.52 Å². The molecule has 5 heterocycles. The van der Waals surface area contributed by atoms with Crippen molar-refractivity contribution in [2.75, 3.05) is 18.1 Å². The Morgan fingerprint density at radius 2 is 2.22 bits per heavy atom. The highest BCUT2D eigenvalue weighted by molar-refractivity contribution is 8.00. The fraction of sp³-hybridized carbons (Fsp3) is 0.318. The number of anilines is 1. The number of nitrogens with one attached hydrogen (secondary N) is 1. The molecule has 0 spiro atoms. The minimum absolute atomic E-state index is 0.0194. The molecular weight excluding hydrogens is 520 g/mol. The maximum atomic E-state index is 13.1. The summed E-state index contributed by atoms with van der Waals surface area (Å²) in [5.74, 6) is -2.08. The number of β-lactam (4-membered cyclic amide) rings is 1. The Balaban J connectivity index is 1.36. The number of carbonyl (C=O) groups excluding carboxylic acids is 2. The molecule has 3 aromatic heterocycles. The highest BCUT2D eigenvalue weighted by atomic mass is 32.2. The zero-order chi connectivity index (χ0) is 26.3. The molecule has 5 rings (SSSR count). The number of nitrogens with two attached hydrogens (primary N) is 1. The molecule has 2 amide bonds. The van der Waals surface area contributed by atoms with Crippen LogP contribution in [-0.4, -0.2) is 71.0 Å². The van der Waals surface area contributed by atoms with Crippen molar-refractivity contribution in [3.8, 4) is 0 Å². The van der Waals surface area contributed by atoms with Gasteiger partial charge in [0.25, 0.3) is 11.8 Å². The summed E-state index contributed by atoms with van der Waals surface area (Å²) < 4.78 is 7.90. The predicted molar refractivity (Wildman–Crippen MR) is 134 cm³/mol. The number of carboxylic acids is 1. The number of aromatic nitrogens is 4. The van der Waals surface area contributed by atoms with Crippen LogP contribution in [0.2, 0.25) is 0 Å². The number of amides is 2. The van der Waals surface area contributed by atoms with E-state index in [1.54, 1.807) is 6.92 Å². The van der Waals surface area contributed by atoms with Gasteiger partial charge in [-0.3, -0.25) is 14.5 Å². The lowest BCUT2D eigenvalue weighted by Crippen LogP contribution is -2.71. The van der Waals surface area contributed by atoms with E-state index in [4.69, 9.17) is 10.6 Å². The molecular formula is C22H23N8O5S2+. The first-order valence-corrected chi connectivity index (χ1v) is 13.1. The second kappa shape index (κ2) is 9.82. The van der Waals surface area contributed by atoms with E-state index in [1.165, 1.54) is 16.7 Å². The molecule has 0 radical (unpaired) electrons. The summed E-state index contributed by atoms with van der Waals surface area (Å²) in [4.78, 5) is 48.5. The molecule has 37 heavy (non-hydrogen) atoms. The Morgan fingerprint density at radius 1 is 1.41 bits per heavy atom. The van der Waals surface area contributed by atoms with Crippen LogP contribution in [0.15, 0.2) is 47.1 Å². The number of hydrogen-bond acceptors (Lipinski definition) is 10. The third-order valence-electron chi connectivity index (χ3n) is 5.89. The number of nitrogen functional groups attached to an aromatic ring is 1. The van der Waals surface area contributed by atoms with Crippen molar-refractivity contribution in [3.05, 3.63) is 53.5 Å². The summed E-state index contributed by atoms with van der Waals surface area (Å²) in [7, 11) is 0. The molecule has 4 N–H and O–H groups in total. The van der Waals surface area contributed by atoms with Crippen molar-refractivity contribution >= 4 is 57.4 Å². The topological polar surface area (TPSA) is 168 Å². The van der Waals surface area contributed by atoms with E-state index in [2.05, 4.69) is 19.8 Å². The van der Waals surface area contributed by atoms with Gasteiger partial charge in [-0.2, -0.15) is 13.8 Å². The smallest absolute Gasteiger partial charge is 0.352 e. The van der Waals surface area contributed by atoms with Gasteiger partial charge in [0, 0.05) is 22.9 Å². The van der Waals surface area contributed by atoms with Gasteiger partial charge in [-0.1, -0.05) is 11.2 Å². The second-order valence-electron chi connectivity index (χ2n) is 8.31. The summed E-state index contributed by atoms with van der Waals surface area (Å²) in [6, 6.07) is 4.96. The maximum absolute atomic E-state index is 13.1. The average molecular weight is 544 g/mol. The lowest BCUT2D eigenvalue weighted by atomic mass is 10.0. The molecule has 2 aliphatic rings. The zero-order valence-electron chi connectivity index (χ0n) is 19.8. The number of rotatable bonds is 8. The van der Waals surface area contributed by atoms with Crippen molar-refractivity contribution in [1.82, 2.24) is 24.0 Å². The van der Waals surface area contributed by atoms with Crippen molar-refractivity contribution in [1.29, 1.82) is 0 Å².